The van der Waals surface area contributed by atoms with E-state index in [-0.39, 0.29) is 18.0 Å². The topological polar surface area (TPSA) is 103 Å². The van der Waals surface area contributed by atoms with Crippen molar-refractivity contribution in [2.45, 2.75) is 44.7 Å². The van der Waals surface area contributed by atoms with Gasteiger partial charge in [-0.15, -0.1) is 0 Å². The molecule has 0 spiro atoms. The fourth-order valence-corrected chi connectivity index (χ4v) is 3.87. The lowest BCUT2D eigenvalue weighted by Gasteiger charge is -2.14. The van der Waals surface area contributed by atoms with Gasteiger partial charge in [0.15, 0.2) is 0 Å². The van der Waals surface area contributed by atoms with E-state index in [1.165, 1.54) is 25.0 Å². The van der Waals surface area contributed by atoms with E-state index in [4.69, 9.17) is 5.10 Å². The van der Waals surface area contributed by atoms with Gasteiger partial charge < -0.3 is 5.32 Å². The maximum atomic E-state index is 12.3. The molecule has 8 heteroatoms. The lowest BCUT2D eigenvalue weighted by atomic mass is 10.1. The third-order valence-electron chi connectivity index (χ3n) is 5.41. The lowest BCUT2D eigenvalue weighted by Crippen LogP contribution is -2.24. The highest BCUT2D eigenvalue weighted by Gasteiger charge is 2.22. The molecule has 4 rings (SSSR count). The Kier molecular flexibility index (Phi) is 5.83. The highest BCUT2D eigenvalue weighted by atomic mass is 16.6. The van der Waals surface area contributed by atoms with Crippen LogP contribution in [-0.4, -0.2) is 25.6 Å². The number of carbonyl (C=O) groups excluding carboxylic acids is 1. The van der Waals surface area contributed by atoms with Crippen LogP contribution in [-0.2, 0) is 17.8 Å². The number of nitrogens with one attached hydrogen (secondary N) is 1. The standard InChI is InChI=1S/C22H23N5O3/c28-22(13-16-5-7-20(8-6-16)27(29)30)24-15-18-14-21(17-9-11-23-12-10-17)26(25-18)19-3-1-2-4-19/h5-12,14,19H,1-4,13,15H2,(H,24,28). The van der Waals surface area contributed by atoms with Crippen LogP contribution in [0.15, 0.2) is 54.9 Å². The van der Waals surface area contributed by atoms with Gasteiger partial charge in [-0.25, -0.2) is 0 Å². The van der Waals surface area contributed by atoms with Crippen molar-refractivity contribution in [3.63, 3.8) is 0 Å². The molecule has 2 heterocycles. The molecule has 1 fully saturated rings. The molecule has 1 aromatic carbocycles. The molecule has 2 aromatic heterocycles. The van der Waals surface area contributed by atoms with Crippen LogP contribution in [0.4, 0.5) is 5.69 Å². The number of aromatic nitrogens is 3. The molecule has 1 amide bonds. The van der Waals surface area contributed by atoms with Crippen molar-refractivity contribution in [1.82, 2.24) is 20.1 Å². The van der Waals surface area contributed by atoms with E-state index >= 15 is 0 Å². The Bertz CT molecular complexity index is 1020. The second-order valence-electron chi connectivity index (χ2n) is 7.52. The average Bonchev–Trinajstić information content (AvgIpc) is 3.43. The summed E-state index contributed by atoms with van der Waals surface area (Å²) in [7, 11) is 0. The molecule has 0 unspecified atom stereocenters. The average molecular weight is 405 g/mol. The molecule has 0 atom stereocenters. The predicted octanol–water partition coefficient (Wildman–Crippen LogP) is 3.83. The highest BCUT2D eigenvalue weighted by Crippen LogP contribution is 2.33. The van der Waals surface area contributed by atoms with Crippen molar-refractivity contribution >= 4 is 11.6 Å². The van der Waals surface area contributed by atoms with Crippen LogP contribution >= 0.6 is 0 Å². The summed E-state index contributed by atoms with van der Waals surface area (Å²) in [4.78, 5) is 26.7. The maximum Gasteiger partial charge on any atom is 0.269 e. The van der Waals surface area contributed by atoms with E-state index in [0.29, 0.717) is 12.6 Å². The van der Waals surface area contributed by atoms with Crippen molar-refractivity contribution in [2.75, 3.05) is 0 Å². The molecule has 3 aromatic rings. The fourth-order valence-electron chi connectivity index (χ4n) is 3.87. The summed E-state index contributed by atoms with van der Waals surface area (Å²) in [6.07, 6.45) is 8.36. The molecule has 154 valence electrons. The van der Waals surface area contributed by atoms with Gasteiger partial charge in [0.1, 0.15) is 0 Å². The summed E-state index contributed by atoms with van der Waals surface area (Å²) in [6.45, 7) is 0.337. The first-order valence-corrected chi connectivity index (χ1v) is 10.1. The van der Waals surface area contributed by atoms with Crippen molar-refractivity contribution < 1.29 is 9.72 Å². The van der Waals surface area contributed by atoms with Gasteiger partial charge in [-0.1, -0.05) is 25.0 Å². The van der Waals surface area contributed by atoms with E-state index < -0.39 is 4.92 Å². The summed E-state index contributed by atoms with van der Waals surface area (Å²) >= 11 is 0. The van der Waals surface area contributed by atoms with Gasteiger partial charge in [-0.3, -0.25) is 24.6 Å². The number of pyridine rings is 1. The number of non-ortho nitro benzene ring substituents is 1. The van der Waals surface area contributed by atoms with Gasteiger partial charge >= 0.3 is 0 Å². The van der Waals surface area contributed by atoms with Crippen LogP contribution in [0.2, 0.25) is 0 Å². The maximum absolute atomic E-state index is 12.3. The van der Waals surface area contributed by atoms with Crippen LogP contribution in [0.25, 0.3) is 11.3 Å². The van der Waals surface area contributed by atoms with Gasteiger partial charge in [0.25, 0.3) is 5.69 Å². The number of benzene rings is 1. The molecule has 1 N–H and O–H groups in total. The number of carbonyl (C=O) groups is 1. The number of nitro groups is 1. The predicted molar refractivity (Wildman–Crippen MR) is 112 cm³/mol. The van der Waals surface area contributed by atoms with Crippen molar-refractivity contribution in [3.8, 4) is 11.3 Å². The molecule has 8 nitrogen and oxygen atoms in total. The fraction of sp³-hybridized carbons (Fsp3) is 0.318. The van der Waals surface area contributed by atoms with Crippen LogP contribution in [0.3, 0.4) is 0 Å². The van der Waals surface area contributed by atoms with E-state index in [1.807, 2.05) is 18.2 Å². The minimum atomic E-state index is -0.453. The number of amides is 1. The number of hydrogen-bond acceptors (Lipinski definition) is 5. The second kappa shape index (κ2) is 8.86. The largest absolute Gasteiger partial charge is 0.350 e. The Hall–Kier alpha value is -3.55. The Morgan fingerprint density at radius 2 is 1.83 bits per heavy atom. The zero-order chi connectivity index (χ0) is 20.9. The van der Waals surface area contributed by atoms with Crippen molar-refractivity contribution in [1.29, 1.82) is 0 Å². The zero-order valence-corrected chi connectivity index (χ0v) is 16.5. The molecule has 0 radical (unpaired) electrons. The first kappa shape index (κ1) is 19.8. The number of nitro benzene ring substituents is 1. The number of hydrogen-bond donors (Lipinski definition) is 1. The van der Waals surface area contributed by atoms with E-state index in [0.717, 1.165) is 35.4 Å². The van der Waals surface area contributed by atoms with Gasteiger partial charge in [0, 0.05) is 30.1 Å². The van der Waals surface area contributed by atoms with Crippen molar-refractivity contribution in [3.05, 3.63) is 76.2 Å². The smallest absolute Gasteiger partial charge is 0.269 e. The summed E-state index contributed by atoms with van der Waals surface area (Å²) in [5.74, 6) is -0.148. The van der Waals surface area contributed by atoms with Crippen LogP contribution in [0.5, 0.6) is 0 Å². The second-order valence-corrected chi connectivity index (χ2v) is 7.52. The van der Waals surface area contributed by atoms with E-state index in [1.54, 1.807) is 24.5 Å². The van der Waals surface area contributed by atoms with Gasteiger partial charge in [0.05, 0.1) is 35.3 Å². The van der Waals surface area contributed by atoms with Gasteiger partial charge in [0.2, 0.25) is 5.91 Å². The molecule has 0 bridgehead atoms. The Morgan fingerprint density at radius 1 is 1.13 bits per heavy atom. The molecule has 0 saturated heterocycles. The number of nitrogens with zero attached hydrogens (tertiary/aromatic N) is 4. The summed E-state index contributed by atoms with van der Waals surface area (Å²) < 4.78 is 2.10. The third kappa shape index (κ3) is 4.53. The minimum Gasteiger partial charge on any atom is -0.350 e. The Balaban J connectivity index is 1.44. The van der Waals surface area contributed by atoms with Crippen LogP contribution in [0, 0.1) is 10.1 Å². The molecule has 0 aliphatic heterocycles. The highest BCUT2D eigenvalue weighted by molar-refractivity contribution is 5.78. The normalized spacial score (nSPS) is 14.0. The van der Waals surface area contributed by atoms with Crippen molar-refractivity contribution in [2.24, 2.45) is 0 Å². The minimum absolute atomic E-state index is 0.0141. The molecule has 30 heavy (non-hydrogen) atoms. The third-order valence-corrected chi connectivity index (χ3v) is 5.41. The summed E-state index contributed by atoms with van der Waals surface area (Å²) in [5.41, 5.74) is 3.66. The lowest BCUT2D eigenvalue weighted by molar-refractivity contribution is -0.384. The molecular formula is C22H23N5O3. The number of rotatable bonds is 7. The quantitative estimate of drug-likeness (QED) is 0.475. The summed E-state index contributed by atoms with van der Waals surface area (Å²) in [6, 6.07) is 12.4. The zero-order valence-electron chi connectivity index (χ0n) is 16.5. The van der Waals surface area contributed by atoms with E-state index in [2.05, 4.69) is 15.0 Å². The Morgan fingerprint density at radius 3 is 2.50 bits per heavy atom. The van der Waals surface area contributed by atoms with Crippen LogP contribution < -0.4 is 5.32 Å². The monoisotopic (exact) mass is 405 g/mol. The van der Waals surface area contributed by atoms with Crippen LogP contribution in [0.1, 0.15) is 43.0 Å². The van der Waals surface area contributed by atoms with Gasteiger partial charge in [-0.2, -0.15) is 5.10 Å². The Labute approximate surface area is 174 Å². The first-order chi connectivity index (χ1) is 14.6. The molecule has 1 aliphatic carbocycles. The van der Waals surface area contributed by atoms with Gasteiger partial charge in [-0.05, 0) is 36.6 Å². The van der Waals surface area contributed by atoms with E-state index in [9.17, 15) is 14.9 Å². The molecule has 1 aliphatic rings. The molecule has 1 saturated carbocycles. The SMILES string of the molecule is O=C(Cc1ccc([N+](=O)[O-])cc1)NCc1cc(-c2ccncc2)n(C2CCCC2)n1. The first-order valence-electron chi connectivity index (χ1n) is 10.1. The summed E-state index contributed by atoms with van der Waals surface area (Å²) in [5, 5.41) is 18.4. The molecular weight excluding hydrogens is 382 g/mol.